The maximum Gasteiger partial charge on any atom is 0.309 e. The highest BCUT2D eigenvalue weighted by Crippen LogP contribution is 2.26. The number of hydrogen-bond donors (Lipinski definition) is 2. The van der Waals surface area contributed by atoms with E-state index < -0.39 is 29.6 Å². The van der Waals surface area contributed by atoms with Gasteiger partial charge >= 0.3 is 5.97 Å². The van der Waals surface area contributed by atoms with Gasteiger partial charge < -0.3 is 20.1 Å². The van der Waals surface area contributed by atoms with E-state index in [1.807, 2.05) is 57.2 Å². The number of amides is 2. The molecule has 2 amide bonds. The van der Waals surface area contributed by atoms with Crippen molar-refractivity contribution >= 4 is 34.8 Å². The first-order valence-corrected chi connectivity index (χ1v) is 13.3. The molecule has 0 heterocycles. The Hall–Kier alpha value is -3.42. The van der Waals surface area contributed by atoms with E-state index in [4.69, 9.17) is 9.47 Å². The van der Waals surface area contributed by atoms with Gasteiger partial charge in [0.2, 0.25) is 11.8 Å². The molecule has 8 nitrogen and oxygen atoms in total. The number of fused-ring (bicyclic) bond motifs is 1. The Bertz CT molecular complexity index is 1120. The molecule has 38 heavy (non-hydrogen) atoms. The summed E-state index contributed by atoms with van der Waals surface area (Å²) >= 11 is 0. The highest BCUT2D eigenvalue weighted by molar-refractivity contribution is 6.03. The number of methoxy groups -OCH3 is 1. The van der Waals surface area contributed by atoms with Crippen LogP contribution in [0.4, 0.5) is 0 Å². The number of nitrogens with one attached hydrogen (secondary N) is 2. The molecule has 0 spiro atoms. The summed E-state index contributed by atoms with van der Waals surface area (Å²) in [6, 6.07) is 9.74. The largest absolute Gasteiger partial charge is 0.496 e. The van der Waals surface area contributed by atoms with Gasteiger partial charge in [0.1, 0.15) is 23.4 Å². The Kier molecular flexibility index (Phi) is 11.8. The van der Waals surface area contributed by atoms with Crippen molar-refractivity contribution in [3.63, 3.8) is 0 Å². The van der Waals surface area contributed by atoms with Crippen LogP contribution in [0.1, 0.15) is 72.8 Å². The zero-order chi connectivity index (χ0) is 28.3. The van der Waals surface area contributed by atoms with Gasteiger partial charge in [-0.1, -0.05) is 57.5 Å². The third-order valence-electron chi connectivity index (χ3n) is 5.79. The number of carbonyl (C=O) groups is 3. The lowest BCUT2D eigenvalue weighted by Crippen LogP contribution is -2.50. The van der Waals surface area contributed by atoms with Crippen LogP contribution in [0.3, 0.4) is 0 Å². The number of aliphatic imine (C=N–C) groups is 1. The molecule has 0 aliphatic rings. The number of ether oxygens (including phenoxy) is 2. The van der Waals surface area contributed by atoms with Crippen molar-refractivity contribution < 1.29 is 23.9 Å². The second-order valence-electron chi connectivity index (χ2n) is 10.8. The van der Waals surface area contributed by atoms with Gasteiger partial charge in [0.05, 0.1) is 13.5 Å². The minimum atomic E-state index is -1.09. The first-order chi connectivity index (χ1) is 17.9. The number of esters is 1. The van der Waals surface area contributed by atoms with Crippen molar-refractivity contribution in [2.75, 3.05) is 13.7 Å². The van der Waals surface area contributed by atoms with Gasteiger partial charge in [-0.3, -0.25) is 19.4 Å². The van der Waals surface area contributed by atoms with Gasteiger partial charge in [0.15, 0.2) is 0 Å². The number of unbranched alkanes of at least 4 members (excludes halogenated alkanes) is 1. The van der Waals surface area contributed by atoms with E-state index in [1.54, 1.807) is 34.1 Å². The second-order valence-corrected chi connectivity index (χ2v) is 10.8. The molecule has 208 valence electrons. The summed E-state index contributed by atoms with van der Waals surface area (Å²) < 4.78 is 11.0. The highest BCUT2D eigenvalue weighted by Gasteiger charge is 2.29. The molecule has 2 atom stereocenters. The SMILES string of the molecule is CCCCNC(=O)[C@H](CC(C)C)NC(=O)[C@H](CC(=O)OC(C)(C)C)N=Cc1c(OC)ccc2ccccc12. The molecule has 2 aromatic carbocycles. The summed E-state index contributed by atoms with van der Waals surface area (Å²) in [6.45, 7) is 11.9. The fraction of sp³-hybridized carbons (Fsp3) is 0.533. The van der Waals surface area contributed by atoms with E-state index >= 15 is 0 Å². The summed E-state index contributed by atoms with van der Waals surface area (Å²) in [7, 11) is 1.57. The van der Waals surface area contributed by atoms with E-state index in [0.29, 0.717) is 24.3 Å². The minimum absolute atomic E-state index is 0.171. The van der Waals surface area contributed by atoms with Gasteiger partial charge in [-0.2, -0.15) is 0 Å². The van der Waals surface area contributed by atoms with Crippen LogP contribution in [0.5, 0.6) is 5.75 Å². The molecule has 0 radical (unpaired) electrons. The van der Waals surface area contributed by atoms with Crippen LogP contribution in [-0.4, -0.2) is 55.3 Å². The third kappa shape index (κ3) is 9.80. The Morgan fingerprint density at radius 1 is 1.05 bits per heavy atom. The fourth-order valence-corrected chi connectivity index (χ4v) is 3.99. The second kappa shape index (κ2) is 14.5. The van der Waals surface area contributed by atoms with Gasteiger partial charge in [0, 0.05) is 18.3 Å². The van der Waals surface area contributed by atoms with Crippen LogP contribution >= 0.6 is 0 Å². The average Bonchev–Trinajstić information content (AvgIpc) is 2.84. The molecule has 2 N–H and O–H groups in total. The molecule has 8 heteroatoms. The van der Waals surface area contributed by atoms with Crippen LogP contribution < -0.4 is 15.4 Å². The van der Waals surface area contributed by atoms with Crippen molar-refractivity contribution in [1.82, 2.24) is 10.6 Å². The van der Waals surface area contributed by atoms with Crippen LogP contribution in [0, 0.1) is 5.92 Å². The van der Waals surface area contributed by atoms with Crippen molar-refractivity contribution in [3.05, 3.63) is 42.0 Å². The van der Waals surface area contributed by atoms with Crippen molar-refractivity contribution in [3.8, 4) is 5.75 Å². The van der Waals surface area contributed by atoms with Gasteiger partial charge in [0.25, 0.3) is 0 Å². The molecule has 0 saturated carbocycles. The standard InChI is InChI=1S/C30H43N3O5/c1-8-9-16-31-28(35)25(17-20(2)3)33-29(36)24(18-27(34)38-30(4,5)6)32-19-23-22-13-11-10-12-21(22)14-15-26(23)37-7/h10-15,19-20,24-25H,8-9,16-18H2,1-7H3,(H,31,35)(H,33,36)/t24-,25-/m0/s1. The van der Waals surface area contributed by atoms with Gasteiger partial charge in [-0.15, -0.1) is 0 Å². The highest BCUT2D eigenvalue weighted by atomic mass is 16.6. The predicted molar refractivity (Wildman–Crippen MR) is 152 cm³/mol. The van der Waals surface area contributed by atoms with E-state index in [2.05, 4.69) is 15.6 Å². The van der Waals surface area contributed by atoms with E-state index in [1.165, 1.54) is 0 Å². The van der Waals surface area contributed by atoms with Crippen LogP contribution in [0.2, 0.25) is 0 Å². The zero-order valence-electron chi connectivity index (χ0n) is 23.8. The van der Waals surface area contributed by atoms with E-state index in [0.717, 1.165) is 23.6 Å². The van der Waals surface area contributed by atoms with Gasteiger partial charge in [-0.05, 0) is 56.4 Å². The third-order valence-corrected chi connectivity index (χ3v) is 5.79. The maximum atomic E-state index is 13.5. The Balaban J connectivity index is 2.38. The summed E-state index contributed by atoms with van der Waals surface area (Å²) in [6.07, 6.45) is 3.56. The topological polar surface area (TPSA) is 106 Å². The van der Waals surface area contributed by atoms with E-state index in [9.17, 15) is 14.4 Å². The molecule has 0 bridgehead atoms. The molecular formula is C30H43N3O5. The molecule has 0 fully saturated rings. The minimum Gasteiger partial charge on any atom is -0.496 e. The number of rotatable bonds is 13. The smallest absolute Gasteiger partial charge is 0.309 e. The number of benzene rings is 2. The first-order valence-electron chi connectivity index (χ1n) is 13.3. The lowest BCUT2D eigenvalue weighted by molar-refractivity contribution is -0.156. The Morgan fingerprint density at radius 3 is 2.39 bits per heavy atom. The summed E-state index contributed by atoms with van der Waals surface area (Å²) in [5.74, 6) is -0.534. The number of hydrogen-bond acceptors (Lipinski definition) is 6. The summed E-state index contributed by atoms with van der Waals surface area (Å²) in [5.41, 5.74) is -0.0105. The zero-order valence-corrected chi connectivity index (χ0v) is 23.8. The first kappa shape index (κ1) is 30.8. The lowest BCUT2D eigenvalue weighted by Gasteiger charge is -2.23. The molecule has 0 aromatic heterocycles. The monoisotopic (exact) mass is 525 g/mol. The summed E-state index contributed by atoms with van der Waals surface area (Å²) in [5, 5.41) is 7.63. The Morgan fingerprint density at radius 2 is 1.76 bits per heavy atom. The number of nitrogens with zero attached hydrogens (tertiary/aromatic N) is 1. The molecule has 0 unspecified atom stereocenters. The normalized spacial score (nSPS) is 13.4. The Labute approximate surface area is 226 Å². The van der Waals surface area contributed by atoms with Crippen molar-refractivity contribution in [2.24, 2.45) is 10.9 Å². The van der Waals surface area contributed by atoms with Gasteiger partial charge in [-0.25, -0.2) is 0 Å². The maximum absolute atomic E-state index is 13.5. The molecule has 0 saturated heterocycles. The van der Waals surface area contributed by atoms with Crippen LogP contribution in [0.25, 0.3) is 10.8 Å². The molecule has 0 aliphatic carbocycles. The number of carbonyl (C=O) groups excluding carboxylic acids is 3. The van der Waals surface area contributed by atoms with E-state index in [-0.39, 0.29) is 18.2 Å². The van der Waals surface area contributed by atoms with Crippen LogP contribution in [-0.2, 0) is 19.1 Å². The van der Waals surface area contributed by atoms with Crippen molar-refractivity contribution in [2.45, 2.75) is 84.9 Å². The molecular weight excluding hydrogens is 482 g/mol. The predicted octanol–water partition coefficient (Wildman–Crippen LogP) is 4.81. The molecule has 0 aliphatic heterocycles. The quantitative estimate of drug-likeness (QED) is 0.222. The molecule has 2 aromatic rings. The lowest BCUT2D eigenvalue weighted by atomic mass is 10.0. The summed E-state index contributed by atoms with van der Waals surface area (Å²) in [4.78, 5) is 43.6. The van der Waals surface area contributed by atoms with Crippen molar-refractivity contribution in [1.29, 1.82) is 0 Å². The molecule has 2 rings (SSSR count). The fourth-order valence-electron chi connectivity index (χ4n) is 3.99. The van der Waals surface area contributed by atoms with Crippen LogP contribution in [0.15, 0.2) is 41.4 Å². The average molecular weight is 526 g/mol.